The molecule has 4 N–H and O–H groups in total. The number of primary amides is 1. The fraction of sp³-hybridized carbons (Fsp3) is 0.444. The first kappa shape index (κ1) is 24.7. The predicted octanol–water partition coefficient (Wildman–Crippen LogP) is 3.47. The molecule has 0 bridgehead atoms. The van der Waals surface area contributed by atoms with Crippen LogP contribution < -0.4 is 21.3 Å². The van der Waals surface area contributed by atoms with Crippen molar-refractivity contribution in [1.82, 2.24) is 20.3 Å². The molecule has 1 saturated carbocycles. The lowest BCUT2D eigenvalue weighted by Crippen LogP contribution is -2.61. The molecule has 10 nitrogen and oxygen atoms in total. The summed E-state index contributed by atoms with van der Waals surface area (Å²) in [4.78, 5) is 26.9. The Bertz CT molecular complexity index is 1280. The van der Waals surface area contributed by atoms with Crippen molar-refractivity contribution in [3.63, 3.8) is 0 Å². The average Bonchev–Trinajstić information content (AvgIpc) is 3.38. The summed E-state index contributed by atoms with van der Waals surface area (Å²) in [6, 6.07) is 9.99. The number of carbonyl (C=O) groups is 1. The van der Waals surface area contributed by atoms with E-state index in [9.17, 15) is 4.79 Å². The minimum Gasteiger partial charge on any atom is -0.424 e. The van der Waals surface area contributed by atoms with Crippen LogP contribution >= 0.6 is 0 Å². The second-order valence-electron chi connectivity index (χ2n) is 10.2. The number of nitrogens with one attached hydrogen (secondary N) is 2. The molecule has 3 atom stereocenters. The van der Waals surface area contributed by atoms with Crippen molar-refractivity contribution in [2.24, 2.45) is 5.73 Å². The van der Waals surface area contributed by atoms with Crippen molar-refractivity contribution in [3.8, 4) is 17.4 Å². The number of hydrogen-bond donors (Lipinski definition) is 3. The monoisotopic (exact) mass is 500 g/mol. The molecule has 1 amide bonds. The highest BCUT2D eigenvalue weighted by Crippen LogP contribution is 2.30. The zero-order chi connectivity index (χ0) is 25.8. The molecule has 37 heavy (non-hydrogen) atoms. The Morgan fingerprint density at radius 3 is 2.76 bits per heavy atom. The molecule has 5 rings (SSSR count). The minimum atomic E-state index is -0.475. The van der Waals surface area contributed by atoms with Gasteiger partial charge in [0.2, 0.25) is 5.91 Å². The third kappa shape index (κ3) is 5.73. The molecule has 0 unspecified atom stereocenters. The van der Waals surface area contributed by atoms with Gasteiger partial charge in [0, 0.05) is 41.8 Å². The van der Waals surface area contributed by atoms with Crippen molar-refractivity contribution in [2.45, 2.75) is 63.1 Å². The molecule has 10 heteroatoms. The summed E-state index contributed by atoms with van der Waals surface area (Å²) >= 11 is 0. The molecule has 1 aliphatic carbocycles. The molecule has 1 saturated heterocycles. The van der Waals surface area contributed by atoms with Gasteiger partial charge in [-0.15, -0.1) is 0 Å². The topological polar surface area (TPSA) is 146 Å². The number of benzene rings is 1. The van der Waals surface area contributed by atoms with Gasteiger partial charge in [-0.05, 0) is 44.7 Å². The molecule has 2 fully saturated rings. The van der Waals surface area contributed by atoms with Crippen molar-refractivity contribution in [2.75, 3.05) is 23.3 Å². The van der Waals surface area contributed by atoms with Crippen LogP contribution in [0, 0.1) is 11.3 Å². The number of carbonyl (C=O) groups excluding carboxylic acids is 1. The van der Waals surface area contributed by atoms with Crippen LogP contribution in [-0.2, 0) is 0 Å². The third-order valence-corrected chi connectivity index (χ3v) is 7.32. The second kappa shape index (κ2) is 10.6. The van der Waals surface area contributed by atoms with Gasteiger partial charge in [-0.25, -0.2) is 15.0 Å². The van der Waals surface area contributed by atoms with Gasteiger partial charge in [-0.3, -0.25) is 4.79 Å². The molecule has 192 valence electrons. The van der Waals surface area contributed by atoms with Crippen LogP contribution in [0.4, 0.5) is 11.8 Å². The molecule has 1 aromatic carbocycles. The Morgan fingerprint density at radius 2 is 2.00 bits per heavy atom. The molecular formula is C27H32N8O2. The van der Waals surface area contributed by atoms with Crippen molar-refractivity contribution >= 4 is 17.7 Å². The fourth-order valence-electron chi connectivity index (χ4n) is 5.48. The van der Waals surface area contributed by atoms with Crippen LogP contribution in [0.15, 0.2) is 47.3 Å². The smallest absolute Gasteiger partial charge is 0.295 e. The zero-order valence-electron chi connectivity index (χ0n) is 21.0. The van der Waals surface area contributed by atoms with Crippen LogP contribution in [0.1, 0.15) is 61.5 Å². The van der Waals surface area contributed by atoms with Crippen LogP contribution in [0.5, 0.6) is 0 Å². The normalized spacial score (nSPS) is 23.8. The second-order valence-corrected chi connectivity index (χ2v) is 10.2. The standard InChI is InChI=1S/C27H32N8O2/c1-27(10-5-11-35(17-27)24-16-30-20(13-28)14-31-24)34-22-9-3-2-8-21(22)33-26-32-15-23(37-26)18-6-4-7-19(12-18)25(29)36/h4,6-7,12,14-16,21-22,34H,2-3,5,8-11,17H2,1H3,(H2,29,36)(H,32,33)/t21-,22-,27+/m1/s1. The summed E-state index contributed by atoms with van der Waals surface area (Å²) in [5, 5.41) is 16.5. The number of aromatic nitrogens is 3. The number of amides is 1. The van der Waals surface area contributed by atoms with E-state index in [1.54, 1.807) is 30.6 Å². The van der Waals surface area contributed by atoms with Gasteiger partial charge in [-0.2, -0.15) is 5.26 Å². The molecule has 2 aliphatic rings. The van der Waals surface area contributed by atoms with Gasteiger partial charge >= 0.3 is 0 Å². The predicted molar refractivity (Wildman–Crippen MR) is 140 cm³/mol. The summed E-state index contributed by atoms with van der Waals surface area (Å²) in [7, 11) is 0. The maximum Gasteiger partial charge on any atom is 0.295 e. The van der Waals surface area contributed by atoms with E-state index >= 15 is 0 Å². The lowest BCUT2D eigenvalue weighted by atomic mass is 9.85. The number of nitrogens with two attached hydrogens (primary N) is 1. The lowest BCUT2D eigenvalue weighted by molar-refractivity contribution is 0.100. The van der Waals surface area contributed by atoms with Gasteiger partial charge in [0.15, 0.2) is 11.5 Å². The van der Waals surface area contributed by atoms with Gasteiger partial charge in [0.25, 0.3) is 6.01 Å². The Balaban J connectivity index is 1.26. The van der Waals surface area contributed by atoms with E-state index in [4.69, 9.17) is 15.4 Å². The maximum absolute atomic E-state index is 11.5. The van der Waals surface area contributed by atoms with Crippen LogP contribution in [0.3, 0.4) is 0 Å². The molecule has 2 aromatic heterocycles. The fourth-order valence-corrected chi connectivity index (χ4v) is 5.48. The average molecular weight is 501 g/mol. The SMILES string of the molecule is C[C@]1(N[C@@H]2CCCC[C@H]2Nc2ncc(-c3cccc(C(N)=O)c3)o2)CCCN(c2cnc(C#N)cn2)C1. The highest BCUT2D eigenvalue weighted by molar-refractivity contribution is 5.93. The number of nitrogens with zero attached hydrogens (tertiary/aromatic N) is 5. The first-order valence-corrected chi connectivity index (χ1v) is 12.8. The van der Waals surface area contributed by atoms with Crippen LogP contribution in [0.25, 0.3) is 11.3 Å². The number of hydrogen-bond acceptors (Lipinski definition) is 9. The maximum atomic E-state index is 11.5. The first-order valence-electron chi connectivity index (χ1n) is 12.8. The third-order valence-electron chi connectivity index (χ3n) is 7.32. The van der Waals surface area contributed by atoms with E-state index in [2.05, 4.69) is 37.4 Å². The number of piperidine rings is 1. The van der Waals surface area contributed by atoms with Crippen molar-refractivity contribution < 1.29 is 9.21 Å². The van der Waals surface area contributed by atoms with E-state index in [0.717, 1.165) is 56.6 Å². The Hall–Kier alpha value is -3.97. The largest absolute Gasteiger partial charge is 0.424 e. The Kier molecular flexibility index (Phi) is 7.06. The Labute approximate surface area is 216 Å². The van der Waals surface area contributed by atoms with Crippen molar-refractivity contribution in [3.05, 3.63) is 54.1 Å². The van der Waals surface area contributed by atoms with E-state index in [0.29, 0.717) is 23.0 Å². The molecular weight excluding hydrogens is 468 g/mol. The Morgan fingerprint density at radius 1 is 1.16 bits per heavy atom. The molecule has 0 radical (unpaired) electrons. The van der Waals surface area contributed by atoms with E-state index in [1.807, 2.05) is 12.1 Å². The van der Waals surface area contributed by atoms with E-state index in [-0.39, 0.29) is 17.6 Å². The summed E-state index contributed by atoms with van der Waals surface area (Å²) in [5.74, 6) is 0.916. The number of rotatable bonds is 7. The number of nitriles is 1. The minimum absolute atomic E-state index is 0.0906. The summed E-state index contributed by atoms with van der Waals surface area (Å²) in [6.07, 6.45) is 11.4. The number of oxazole rings is 1. The van der Waals surface area contributed by atoms with Crippen LogP contribution in [0.2, 0.25) is 0 Å². The summed E-state index contributed by atoms with van der Waals surface area (Å²) < 4.78 is 6.02. The lowest BCUT2D eigenvalue weighted by Gasteiger charge is -2.46. The summed E-state index contributed by atoms with van der Waals surface area (Å²) in [6.45, 7) is 4.01. The zero-order valence-corrected chi connectivity index (χ0v) is 21.0. The number of anilines is 2. The summed E-state index contributed by atoms with van der Waals surface area (Å²) in [5.41, 5.74) is 6.85. The quantitative estimate of drug-likeness (QED) is 0.444. The molecule has 0 spiro atoms. The van der Waals surface area contributed by atoms with Gasteiger partial charge in [-0.1, -0.05) is 25.0 Å². The van der Waals surface area contributed by atoms with Gasteiger partial charge < -0.3 is 25.7 Å². The highest BCUT2D eigenvalue weighted by atomic mass is 16.4. The first-order chi connectivity index (χ1) is 17.9. The van der Waals surface area contributed by atoms with E-state index in [1.165, 1.54) is 12.6 Å². The van der Waals surface area contributed by atoms with Crippen molar-refractivity contribution in [1.29, 1.82) is 5.26 Å². The molecule has 1 aliphatic heterocycles. The van der Waals surface area contributed by atoms with Crippen LogP contribution in [-0.4, -0.2) is 51.6 Å². The van der Waals surface area contributed by atoms with Gasteiger partial charge in [0.05, 0.1) is 18.6 Å². The van der Waals surface area contributed by atoms with Gasteiger partial charge in [0.1, 0.15) is 11.9 Å². The molecule has 3 heterocycles. The highest BCUT2D eigenvalue weighted by Gasteiger charge is 2.37. The molecule has 3 aromatic rings. The van der Waals surface area contributed by atoms with E-state index < -0.39 is 5.91 Å².